The molecule has 0 radical (unpaired) electrons. The Morgan fingerprint density at radius 3 is 2.80 bits per heavy atom. The maximum absolute atomic E-state index is 11.8. The van der Waals surface area contributed by atoms with Gasteiger partial charge < -0.3 is 10.6 Å². The summed E-state index contributed by atoms with van der Waals surface area (Å²) in [6, 6.07) is 6.73. The Bertz CT molecular complexity index is 603. The van der Waals surface area contributed by atoms with Crippen LogP contribution in [-0.4, -0.2) is 28.6 Å². The Morgan fingerprint density at radius 1 is 1.30 bits per heavy atom. The van der Waals surface area contributed by atoms with Gasteiger partial charge in [0, 0.05) is 13.0 Å². The molecule has 0 atom stereocenters. The zero-order valence-corrected chi connectivity index (χ0v) is 11.9. The van der Waals surface area contributed by atoms with Crippen LogP contribution in [0.15, 0.2) is 29.8 Å². The van der Waals surface area contributed by atoms with Crippen molar-refractivity contribution in [2.75, 3.05) is 11.9 Å². The quantitative estimate of drug-likeness (QED) is 0.884. The second kappa shape index (κ2) is 6.97. The van der Waals surface area contributed by atoms with Crippen LogP contribution < -0.4 is 10.6 Å². The van der Waals surface area contributed by atoms with Crippen LogP contribution in [0.2, 0.25) is 5.02 Å². The van der Waals surface area contributed by atoms with Gasteiger partial charge in [0.25, 0.3) is 5.91 Å². The number of halogens is 1. The van der Waals surface area contributed by atoms with E-state index in [1.165, 1.54) is 16.8 Å². The molecule has 0 aliphatic rings. The van der Waals surface area contributed by atoms with Gasteiger partial charge in [-0.05, 0) is 12.1 Å². The Hall–Kier alpha value is -1.99. The molecule has 2 rings (SSSR count). The number of hydrogen-bond acceptors (Lipinski definition) is 5. The Labute approximate surface area is 124 Å². The molecule has 0 saturated heterocycles. The summed E-state index contributed by atoms with van der Waals surface area (Å²) in [5.74, 6) is -0.541. The molecule has 1 aromatic carbocycles. The van der Waals surface area contributed by atoms with E-state index < -0.39 is 0 Å². The number of carbonyl (C=O) groups is 2. The summed E-state index contributed by atoms with van der Waals surface area (Å²) in [6.07, 6.45) is 0.149. The fraction of sp³-hybridized carbons (Fsp3) is 0.167. The molecule has 1 aromatic heterocycles. The topological polar surface area (TPSA) is 84.0 Å². The molecule has 0 unspecified atom stereocenters. The van der Waals surface area contributed by atoms with Gasteiger partial charge in [-0.1, -0.05) is 35.1 Å². The molecule has 20 heavy (non-hydrogen) atoms. The minimum atomic E-state index is -0.306. The molecule has 0 aliphatic heterocycles. The number of carbonyl (C=O) groups excluding carboxylic acids is 2. The molecule has 104 valence electrons. The highest BCUT2D eigenvalue weighted by molar-refractivity contribution is 7.13. The second-order valence-electron chi connectivity index (χ2n) is 3.78. The summed E-state index contributed by atoms with van der Waals surface area (Å²) >= 11 is 7.13. The summed E-state index contributed by atoms with van der Waals surface area (Å²) in [7, 11) is 0. The van der Waals surface area contributed by atoms with Crippen LogP contribution in [0.25, 0.3) is 0 Å². The van der Waals surface area contributed by atoms with Crippen LogP contribution in [0, 0.1) is 0 Å². The average molecular weight is 311 g/mol. The summed E-state index contributed by atoms with van der Waals surface area (Å²) < 4.78 is 0. The second-order valence-corrected chi connectivity index (χ2v) is 5.02. The third-order valence-corrected chi connectivity index (χ3v) is 3.30. The fourth-order valence-corrected chi connectivity index (χ4v) is 2.12. The molecule has 0 aliphatic carbocycles. The number of rotatable bonds is 5. The van der Waals surface area contributed by atoms with Crippen molar-refractivity contribution in [2.24, 2.45) is 0 Å². The molecule has 0 fully saturated rings. The van der Waals surface area contributed by atoms with Gasteiger partial charge in [0.2, 0.25) is 11.0 Å². The van der Waals surface area contributed by atoms with Gasteiger partial charge in [-0.3, -0.25) is 9.59 Å². The van der Waals surface area contributed by atoms with Gasteiger partial charge in [0.1, 0.15) is 5.51 Å². The Kier molecular flexibility index (Phi) is 5.03. The first-order valence-electron chi connectivity index (χ1n) is 5.75. The highest BCUT2D eigenvalue weighted by Gasteiger charge is 2.10. The first kappa shape index (κ1) is 14.4. The van der Waals surface area contributed by atoms with Crippen molar-refractivity contribution in [3.8, 4) is 0 Å². The maximum Gasteiger partial charge on any atom is 0.252 e. The van der Waals surface area contributed by atoms with E-state index in [4.69, 9.17) is 11.6 Å². The highest BCUT2D eigenvalue weighted by Crippen LogP contribution is 2.14. The Morgan fingerprint density at radius 2 is 2.10 bits per heavy atom. The molecule has 2 amide bonds. The number of anilines is 1. The lowest BCUT2D eigenvalue weighted by Gasteiger charge is -2.06. The molecule has 0 spiro atoms. The smallest absolute Gasteiger partial charge is 0.252 e. The minimum Gasteiger partial charge on any atom is -0.351 e. The third kappa shape index (κ3) is 4.01. The first-order valence-corrected chi connectivity index (χ1v) is 7.01. The summed E-state index contributed by atoms with van der Waals surface area (Å²) in [4.78, 5) is 23.4. The lowest BCUT2D eigenvalue weighted by molar-refractivity contribution is -0.116. The molecule has 0 bridgehead atoms. The molecule has 2 N–H and O–H groups in total. The number of hydrogen-bond donors (Lipinski definition) is 2. The molecule has 6 nitrogen and oxygen atoms in total. The Balaban J connectivity index is 1.77. The standard InChI is InChI=1S/C12H11ClN4O2S/c13-9-4-2-1-3-8(9)11(19)14-6-5-10(18)16-12-17-15-7-20-12/h1-4,7H,5-6H2,(H,14,19)(H,16,17,18). The van der Waals surface area contributed by atoms with Crippen molar-refractivity contribution >= 4 is 39.9 Å². The molecule has 2 aromatic rings. The largest absolute Gasteiger partial charge is 0.351 e. The van der Waals surface area contributed by atoms with Gasteiger partial charge in [-0.2, -0.15) is 0 Å². The third-order valence-electron chi connectivity index (χ3n) is 2.36. The average Bonchev–Trinajstić information content (AvgIpc) is 2.92. The van der Waals surface area contributed by atoms with E-state index in [1.54, 1.807) is 24.3 Å². The van der Waals surface area contributed by atoms with Crippen molar-refractivity contribution in [1.29, 1.82) is 0 Å². The number of nitrogens with zero attached hydrogens (tertiary/aromatic N) is 2. The summed E-state index contributed by atoms with van der Waals surface area (Å²) in [5, 5.41) is 13.3. The number of benzene rings is 1. The molecular formula is C12H11ClN4O2S. The molecule has 0 saturated carbocycles. The van der Waals surface area contributed by atoms with E-state index in [1.807, 2.05) is 0 Å². The van der Waals surface area contributed by atoms with Crippen LogP contribution in [0.4, 0.5) is 5.13 Å². The van der Waals surface area contributed by atoms with Crippen molar-refractivity contribution < 1.29 is 9.59 Å². The van der Waals surface area contributed by atoms with E-state index in [2.05, 4.69) is 20.8 Å². The predicted octanol–water partition coefficient (Wildman–Crippen LogP) is 1.95. The minimum absolute atomic E-state index is 0.149. The SMILES string of the molecule is O=C(CCNC(=O)c1ccccc1Cl)Nc1nncs1. The number of amides is 2. The van der Waals surface area contributed by atoms with Crippen LogP contribution >= 0.6 is 22.9 Å². The zero-order valence-electron chi connectivity index (χ0n) is 10.3. The predicted molar refractivity (Wildman–Crippen MR) is 76.9 cm³/mol. The van der Waals surface area contributed by atoms with Crippen LogP contribution in [0.1, 0.15) is 16.8 Å². The van der Waals surface area contributed by atoms with E-state index in [-0.39, 0.29) is 24.8 Å². The van der Waals surface area contributed by atoms with Crippen LogP contribution in [-0.2, 0) is 4.79 Å². The van der Waals surface area contributed by atoms with Gasteiger partial charge in [-0.15, -0.1) is 10.2 Å². The van der Waals surface area contributed by atoms with Gasteiger partial charge in [0.05, 0.1) is 10.6 Å². The number of aromatic nitrogens is 2. The summed E-state index contributed by atoms with van der Waals surface area (Å²) in [6.45, 7) is 0.217. The normalized spacial score (nSPS) is 10.1. The van der Waals surface area contributed by atoms with Crippen LogP contribution in [0.3, 0.4) is 0 Å². The maximum atomic E-state index is 11.8. The molecule has 1 heterocycles. The van der Waals surface area contributed by atoms with Crippen LogP contribution in [0.5, 0.6) is 0 Å². The van der Waals surface area contributed by atoms with Gasteiger partial charge in [-0.25, -0.2) is 0 Å². The highest BCUT2D eigenvalue weighted by atomic mass is 35.5. The fourth-order valence-electron chi connectivity index (χ4n) is 1.44. The van der Waals surface area contributed by atoms with Gasteiger partial charge in [0.15, 0.2) is 0 Å². The van der Waals surface area contributed by atoms with E-state index >= 15 is 0 Å². The van der Waals surface area contributed by atoms with Crippen molar-refractivity contribution in [2.45, 2.75) is 6.42 Å². The van der Waals surface area contributed by atoms with Crippen molar-refractivity contribution in [1.82, 2.24) is 15.5 Å². The lowest BCUT2D eigenvalue weighted by atomic mass is 10.2. The summed E-state index contributed by atoms with van der Waals surface area (Å²) in [5.41, 5.74) is 1.91. The molecule has 8 heteroatoms. The zero-order chi connectivity index (χ0) is 14.4. The monoisotopic (exact) mass is 310 g/mol. The van der Waals surface area contributed by atoms with E-state index in [0.29, 0.717) is 15.7 Å². The van der Waals surface area contributed by atoms with E-state index in [9.17, 15) is 9.59 Å². The lowest BCUT2D eigenvalue weighted by Crippen LogP contribution is -2.27. The van der Waals surface area contributed by atoms with Crippen molar-refractivity contribution in [3.63, 3.8) is 0 Å². The van der Waals surface area contributed by atoms with Gasteiger partial charge >= 0.3 is 0 Å². The first-order chi connectivity index (χ1) is 9.66. The van der Waals surface area contributed by atoms with E-state index in [0.717, 1.165) is 0 Å². The molecular weight excluding hydrogens is 300 g/mol. The van der Waals surface area contributed by atoms with Crippen molar-refractivity contribution in [3.05, 3.63) is 40.4 Å². The number of nitrogens with one attached hydrogen (secondary N) is 2.